The number of benzene rings is 1. The maximum Gasteiger partial charge on any atom is 0.0992 e. The molecule has 0 aliphatic carbocycles. The first-order valence-corrected chi connectivity index (χ1v) is 4.66. The second-order valence-corrected chi connectivity index (χ2v) is 3.17. The highest BCUT2D eigenvalue weighted by Gasteiger charge is 2.06. The van der Waals surface area contributed by atoms with Gasteiger partial charge >= 0.3 is 0 Å². The summed E-state index contributed by atoms with van der Waals surface area (Å²) in [5.41, 5.74) is 1.40. The van der Waals surface area contributed by atoms with E-state index in [0.29, 0.717) is 12.2 Å². The van der Waals surface area contributed by atoms with Crippen molar-refractivity contribution in [3.63, 3.8) is 0 Å². The van der Waals surface area contributed by atoms with Crippen LogP contribution in [0, 0.1) is 11.3 Å². The van der Waals surface area contributed by atoms with Gasteiger partial charge in [0.2, 0.25) is 0 Å². The number of hydrogen-bond donors (Lipinski definition) is 2. The van der Waals surface area contributed by atoms with E-state index in [1.54, 1.807) is 25.3 Å². The summed E-state index contributed by atoms with van der Waals surface area (Å²) < 4.78 is 4.94. The van der Waals surface area contributed by atoms with Crippen LogP contribution in [0.3, 0.4) is 0 Å². The van der Waals surface area contributed by atoms with Crippen molar-refractivity contribution in [2.75, 3.05) is 25.6 Å². The van der Waals surface area contributed by atoms with E-state index in [1.165, 1.54) is 0 Å². The molecule has 0 aliphatic rings. The van der Waals surface area contributed by atoms with Crippen LogP contribution in [0.25, 0.3) is 0 Å². The monoisotopic (exact) mass is 206 g/mol. The van der Waals surface area contributed by atoms with Crippen LogP contribution in [0.2, 0.25) is 0 Å². The minimum atomic E-state index is -0.149. The zero-order valence-corrected chi connectivity index (χ0v) is 8.60. The van der Waals surface area contributed by atoms with E-state index in [-0.39, 0.29) is 12.6 Å². The molecule has 2 N–H and O–H groups in total. The average Bonchev–Trinajstić information content (AvgIpc) is 2.29. The number of aliphatic hydroxyl groups excluding tert-OH is 1. The molecule has 4 nitrogen and oxygen atoms in total. The van der Waals surface area contributed by atoms with Gasteiger partial charge in [0, 0.05) is 12.8 Å². The summed E-state index contributed by atoms with van der Waals surface area (Å²) in [6.45, 7) is 0.415. The fourth-order valence-electron chi connectivity index (χ4n) is 1.26. The summed E-state index contributed by atoms with van der Waals surface area (Å²) in [6.07, 6.45) is 0. The van der Waals surface area contributed by atoms with Crippen molar-refractivity contribution in [1.82, 2.24) is 0 Å². The summed E-state index contributed by atoms with van der Waals surface area (Å²) >= 11 is 0. The minimum Gasteiger partial charge on any atom is -0.394 e. The van der Waals surface area contributed by atoms with Crippen LogP contribution in [0.5, 0.6) is 0 Å². The van der Waals surface area contributed by atoms with E-state index in [4.69, 9.17) is 15.1 Å². The van der Waals surface area contributed by atoms with Crippen molar-refractivity contribution in [2.24, 2.45) is 0 Å². The highest BCUT2D eigenvalue weighted by molar-refractivity contribution is 5.49. The topological polar surface area (TPSA) is 65.3 Å². The lowest BCUT2D eigenvalue weighted by atomic mass is 10.2. The summed E-state index contributed by atoms with van der Waals surface area (Å²) in [7, 11) is 1.58. The second-order valence-electron chi connectivity index (χ2n) is 3.17. The molecule has 0 fully saturated rings. The van der Waals surface area contributed by atoms with Crippen LogP contribution >= 0.6 is 0 Å². The first kappa shape index (κ1) is 11.5. The Bertz CT molecular complexity index is 347. The molecule has 1 rings (SSSR count). The third-order valence-corrected chi connectivity index (χ3v) is 1.95. The molecule has 1 aromatic rings. The van der Waals surface area contributed by atoms with Crippen LogP contribution in [0.15, 0.2) is 24.3 Å². The van der Waals surface area contributed by atoms with Gasteiger partial charge in [0.15, 0.2) is 0 Å². The first-order chi connectivity index (χ1) is 7.30. The minimum absolute atomic E-state index is 0.00930. The van der Waals surface area contributed by atoms with Crippen LogP contribution in [-0.4, -0.2) is 31.5 Å². The molecule has 0 bridgehead atoms. The summed E-state index contributed by atoms with van der Waals surface area (Å²) in [5, 5.41) is 20.8. The molecule has 0 aliphatic heterocycles. The first-order valence-electron chi connectivity index (χ1n) is 4.66. The Morgan fingerprint density at radius 3 is 3.00 bits per heavy atom. The summed E-state index contributed by atoms with van der Waals surface area (Å²) in [5.74, 6) is 0. The molecule has 1 atom stereocenters. The molecule has 4 heteroatoms. The Hall–Kier alpha value is -1.57. The van der Waals surface area contributed by atoms with E-state index in [9.17, 15) is 0 Å². The van der Waals surface area contributed by atoms with E-state index in [0.717, 1.165) is 5.69 Å². The van der Waals surface area contributed by atoms with Crippen molar-refractivity contribution in [3.8, 4) is 6.07 Å². The number of ether oxygens (including phenoxy) is 1. The molecule has 80 valence electrons. The number of nitriles is 1. The lowest BCUT2D eigenvalue weighted by molar-refractivity contribution is 0.153. The molecule has 1 aromatic carbocycles. The highest BCUT2D eigenvalue weighted by atomic mass is 16.5. The standard InChI is InChI=1S/C11H14N2O2/c1-15-8-11(7-14)13-10-4-2-3-9(5-10)6-12/h2-5,11,13-14H,7-8H2,1H3. The number of methoxy groups -OCH3 is 1. The average molecular weight is 206 g/mol. The van der Waals surface area contributed by atoms with Gasteiger partial charge in [-0.15, -0.1) is 0 Å². The van der Waals surface area contributed by atoms with Gasteiger partial charge in [0.05, 0.1) is 30.9 Å². The maximum atomic E-state index is 9.04. The number of aliphatic hydroxyl groups is 1. The molecule has 0 amide bonds. The van der Waals surface area contributed by atoms with Gasteiger partial charge in [0.25, 0.3) is 0 Å². The molecule has 0 aromatic heterocycles. The van der Waals surface area contributed by atoms with Crippen molar-refractivity contribution in [2.45, 2.75) is 6.04 Å². The zero-order valence-electron chi connectivity index (χ0n) is 8.60. The summed E-state index contributed by atoms with van der Waals surface area (Å²) in [4.78, 5) is 0. The second kappa shape index (κ2) is 6.02. The molecule has 15 heavy (non-hydrogen) atoms. The van der Waals surface area contributed by atoms with Crippen molar-refractivity contribution >= 4 is 5.69 Å². The Morgan fingerprint density at radius 2 is 2.40 bits per heavy atom. The fourth-order valence-corrected chi connectivity index (χ4v) is 1.26. The van der Waals surface area contributed by atoms with Crippen LogP contribution in [0.4, 0.5) is 5.69 Å². The van der Waals surface area contributed by atoms with Gasteiger partial charge in [0.1, 0.15) is 0 Å². The maximum absolute atomic E-state index is 9.04. The third kappa shape index (κ3) is 3.58. The molecule has 0 spiro atoms. The normalized spacial score (nSPS) is 11.8. The van der Waals surface area contributed by atoms with E-state index < -0.39 is 0 Å². The Kier molecular flexibility index (Phi) is 4.61. The Balaban J connectivity index is 2.66. The molecule has 0 saturated heterocycles. The predicted molar refractivity (Wildman–Crippen MR) is 57.5 cm³/mol. The van der Waals surface area contributed by atoms with Gasteiger partial charge in [-0.05, 0) is 18.2 Å². The SMILES string of the molecule is COCC(CO)Nc1cccc(C#N)c1. The van der Waals surface area contributed by atoms with Crippen molar-refractivity contribution in [3.05, 3.63) is 29.8 Å². The van der Waals surface area contributed by atoms with Crippen molar-refractivity contribution < 1.29 is 9.84 Å². The number of rotatable bonds is 5. The highest BCUT2D eigenvalue weighted by Crippen LogP contribution is 2.10. The molecule has 0 radical (unpaired) electrons. The molecular weight excluding hydrogens is 192 g/mol. The van der Waals surface area contributed by atoms with Gasteiger partial charge in [-0.3, -0.25) is 0 Å². The number of nitrogens with zero attached hydrogens (tertiary/aromatic N) is 1. The predicted octanol–water partition coefficient (Wildman–Crippen LogP) is 0.977. The number of nitrogens with one attached hydrogen (secondary N) is 1. The molecule has 0 saturated carbocycles. The molecular formula is C11H14N2O2. The smallest absolute Gasteiger partial charge is 0.0992 e. The van der Waals surface area contributed by atoms with E-state index in [2.05, 4.69) is 11.4 Å². The van der Waals surface area contributed by atoms with Crippen molar-refractivity contribution in [1.29, 1.82) is 5.26 Å². The third-order valence-electron chi connectivity index (χ3n) is 1.95. The number of hydrogen-bond acceptors (Lipinski definition) is 4. The zero-order chi connectivity index (χ0) is 11.1. The Morgan fingerprint density at radius 1 is 1.60 bits per heavy atom. The lowest BCUT2D eigenvalue weighted by Crippen LogP contribution is -2.28. The number of anilines is 1. The largest absolute Gasteiger partial charge is 0.394 e. The Labute approximate surface area is 89.1 Å². The molecule has 0 heterocycles. The van der Waals surface area contributed by atoms with E-state index in [1.807, 2.05) is 6.07 Å². The van der Waals surface area contributed by atoms with Crippen LogP contribution in [-0.2, 0) is 4.74 Å². The quantitative estimate of drug-likeness (QED) is 0.753. The molecule has 1 unspecified atom stereocenters. The fraction of sp³-hybridized carbons (Fsp3) is 0.364. The van der Waals surface area contributed by atoms with Crippen LogP contribution in [0.1, 0.15) is 5.56 Å². The lowest BCUT2D eigenvalue weighted by Gasteiger charge is -2.16. The van der Waals surface area contributed by atoms with Gasteiger partial charge in [-0.2, -0.15) is 5.26 Å². The van der Waals surface area contributed by atoms with Gasteiger partial charge in [-0.25, -0.2) is 0 Å². The van der Waals surface area contributed by atoms with E-state index >= 15 is 0 Å². The van der Waals surface area contributed by atoms with Gasteiger partial charge < -0.3 is 15.2 Å². The van der Waals surface area contributed by atoms with Gasteiger partial charge in [-0.1, -0.05) is 6.07 Å². The summed E-state index contributed by atoms with van der Waals surface area (Å²) in [6, 6.07) is 9.01. The van der Waals surface area contributed by atoms with Crippen LogP contribution < -0.4 is 5.32 Å².